The molecule has 0 bridgehead atoms. The number of benzene rings is 1. The van der Waals surface area contributed by atoms with E-state index in [0.717, 1.165) is 0 Å². The quantitative estimate of drug-likeness (QED) is 0.719. The van der Waals surface area contributed by atoms with Crippen LogP contribution in [-0.2, 0) is 14.8 Å². The highest BCUT2D eigenvalue weighted by Gasteiger charge is 2.16. The van der Waals surface area contributed by atoms with E-state index in [4.69, 9.17) is 9.47 Å². The van der Waals surface area contributed by atoms with Crippen molar-refractivity contribution in [3.8, 4) is 5.75 Å². The van der Waals surface area contributed by atoms with Gasteiger partial charge in [-0.25, -0.2) is 13.1 Å². The second kappa shape index (κ2) is 7.94. The minimum atomic E-state index is -3.61. The fourth-order valence-corrected chi connectivity index (χ4v) is 3.30. The number of sulfonamides is 1. The van der Waals surface area contributed by atoms with Gasteiger partial charge in [-0.1, -0.05) is 0 Å². The first kappa shape index (κ1) is 17.4. The summed E-state index contributed by atoms with van der Waals surface area (Å²) in [7, 11) is -0.628. The molecular formula is C12H18BrNO5S. The molecule has 0 aliphatic heterocycles. The highest BCUT2D eigenvalue weighted by molar-refractivity contribution is 9.10. The van der Waals surface area contributed by atoms with Gasteiger partial charge in [-0.05, 0) is 40.5 Å². The van der Waals surface area contributed by atoms with Gasteiger partial charge in [-0.2, -0.15) is 0 Å². The van der Waals surface area contributed by atoms with Crippen LogP contribution in [0.4, 0.5) is 0 Å². The van der Waals surface area contributed by atoms with Gasteiger partial charge < -0.3 is 14.6 Å². The molecule has 1 unspecified atom stereocenters. The lowest BCUT2D eigenvalue weighted by molar-refractivity contribution is 0.0603. The molecule has 0 spiro atoms. The van der Waals surface area contributed by atoms with Crippen molar-refractivity contribution in [3.05, 3.63) is 22.7 Å². The van der Waals surface area contributed by atoms with Crippen molar-refractivity contribution in [1.82, 2.24) is 4.72 Å². The molecule has 1 aromatic carbocycles. The van der Waals surface area contributed by atoms with Gasteiger partial charge >= 0.3 is 0 Å². The SMILES string of the molecule is COCC(O)CCNS(=O)(=O)c1ccc(OC)c(Br)c1. The van der Waals surface area contributed by atoms with Gasteiger partial charge in [0.05, 0.1) is 29.2 Å². The average Bonchev–Trinajstić information content (AvgIpc) is 2.38. The number of nitrogens with one attached hydrogen (secondary N) is 1. The predicted molar refractivity (Wildman–Crippen MR) is 78.4 cm³/mol. The molecule has 114 valence electrons. The van der Waals surface area contributed by atoms with E-state index in [1.807, 2.05) is 0 Å². The zero-order valence-electron chi connectivity index (χ0n) is 11.3. The zero-order chi connectivity index (χ0) is 15.2. The summed E-state index contributed by atoms with van der Waals surface area (Å²) in [6.45, 7) is 0.312. The average molecular weight is 368 g/mol. The molecule has 1 rings (SSSR count). The number of hydrogen-bond acceptors (Lipinski definition) is 5. The van der Waals surface area contributed by atoms with E-state index >= 15 is 0 Å². The molecule has 0 heterocycles. The number of halogens is 1. The van der Waals surface area contributed by atoms with Crippen molar-refractivity contribution >= 4 is 26.0 Å². The van der Waals surface area contributed by atoms with Crippen LogP contribution in [-0.4, -0.2) is 47.0 Å². The van der Waals surface area contributed by atoms with Crippen LogP contribution in [0.3, 0.4) is 0 Å². The third-order valence-electron chi connectivity index (χ3n) is 2.56. The number of methoxy groups -OCH3 is 2. The second-order valence-electron chi connectivity index (χ2n) is 4.09. The largest absolute Gasteiger partial charge is 0.496 e. The summed E-state index contributed by atoms with van der Waals surface area (Å²) in [4.78, 5) is 0.131. The zero-order valence-corrected chi connectivity index (χ0v) is 13.7. The number of aliphatic hydroxyl groups excluding tert-OH is 1. The molecule has 8 heteroatoms. The number of aliphatic hydroxyl groups is 1. The molecule has 1 aromatic rings. The van der Waals surface area contributed by atoms with Gasteiger partial charge in [0.1, 0.15) is 5.75 Å². The normalized spacial score (nSPS) is 13.2. The first-order chi connectivity index (χ1) is 9.40. The van der Waals surface area contributed by atoms with Crippen LogP contribution in [0.15, 0.2) is 27.6 Å². The molecule has 6 nitrogen and oxygen atoms in total. The molecule has 0 aliphatic carbocycles. The Morgan fingerprint density at radius 3 is 2.65 bits per heavy atom. The van der Waals surface area contributed by atoms with Crippen molar-refractivity contribution in [3.63, 3.8) is 0 Å². The lowest BCUT2D eigenvalue weighted by Crippen LogP contribution is -2.28. The highest BCUT2D eigenvalue weighted by atomic mass is 79.9. The Labute approximate surface area is 127 Å². The van der Waals surface area contributed by atoms with E-state index in [2.05, 4.69) is 20.7 Å². The maximum atomic E-state index is 12.0. The summed E-state index contributed by atoms with van der Waals surface area (Å²) in [5.41, 5.74) is 0. The molecule has 1 atom stereocenters. The van der Waals surface area contributed by atoms with Crippen LogP contribution in [0, 0.1) is 0 Å². The van der Waals surface area contributed by atoms with E-state index in [1.165, 1.54) is 26.4 Å². The molecule has 0 aromatic heterocycles. The second-order valence-corrected chi connectivity index (χ2v) is 6.71. The third kappa shape index (κ3) is 5.02. The van der Waals surface area contributed by atoms with E-state index in [-0.39, 0.29) is 24.5 Å². The summed E-state index contributed by atoms with van der Waals surface area (Å²) in [6, 6.07) is 4.49. The third-order valence-corrected chi connectivity index (χ3v) is 4.64. The maximum Gasteiger partial charge on any atom is 0.240 e. The number of hydrogen-bond donors (Lipinski definition) is 2. The summed E-state index contributed by atoms with van der Waals surface area (Å²) in [6.07, 6.45) is -0.407. The molecule has 20 heavy (non-hydrogen) atoms. The Kier molecular flexibility index (Phi) is 6.90. The number of ether oxygens (including phenoxy) is 2. The predicted octanol–water partition coefficient (Wildman–Crippen LogP) is 1.13. The Bertz CT molecular complexity index is 535. The first-order valence-corrected chi connectivity index (χ1v) is 8.18. The van der Waals surface area contributed by atoms with Crippen LogP contribution >= 0.6 is 15.9 Å². The summed E-state index contributed by atoms with van der Waals surface area (Å²) in [5.74, 6) is 0.555. The van der Waals surface area contributed by atoms with E-state index in [1.54, 1.807) is 6.07 Å². The Balaban J connectivity index is 2.67. The van der Waals surface area contributed by atoms with Gasteiger partial charge in [-0.3, -0.25) is 0 Å². The van der Waals surface area contributed by atoms with Gasteiger partial charge in [0.2, 0.25) is 10.0 Å². The molecule has 0 radical (unpaired) electrons. The minimum absolute atomic E-state index is 0.131. The minimum Gasteiger partial charge on any atom is -0.496 e. The molecule has 0 fully saturated rings. The smallest absolute Gasteiger partial charge is 0.240 e. The van der Waals surface area contributed by atoms with Crippen LogP contribution < -0.4 is 9.46 Å². The van der Waals surface area contributed by atoms with Crippen molar-refractivity contribution in [1.29, 1.82) is 0 Å². The monoisotopic (exact) mass is 367 g/mol. The molecule has 0 amide bonds. The first-order valence-electron chi connectivity index (χ1n) is 5.91. The Hall–Kier alpha value is -0.670. The molecular weight excluding hydrogens is 350 g/mol. The van der Waals surface area contributed by atoms with Gasteiger partial charge in [0, 0.05) is 13.7 Å². The lowest BCUT2D eigenvalue weighted by atomic mass is 10.3. The summed E-state index contributed by atoms with van der Waals surface area (Å²) in [5, 5.41) is 9.45. The van der Waals surface area contributed by atoms with Gasteiger partial charge in [0.25, 0.3) is 0 Å². The molecule has 0 saturated carbocycles. The maximum absolute atomic E-state index is 12.0. The van der Waals surface area contributed by atoms with Crippen LogP contribution in [0.25, 0.3) is 0 Å². The van der Waals surface area contributed by atoms with Gasteiger partial charge in [0.15, 0.2) is 0 Å². The Morgan fingerprint density at radius 2 is 2.10 bits per heavy atom. The molecule has 0 aliphatic rings. The van der Waals surface area contributed by atoms with Crippen LogP contribution in [0.1, 0.15) is 6.42 Å². The molecule has 0 saturated heterocycles. The van der Waals surface area contributed by atoms with Gasteiger partial charge in [-0.15, -0.1) is 0 Å². The van der Waals surface area contributed by atoms with Crippen LogP contribution in [0.2, 0.25) is 0 Å². The number of rotatable bonds is 8. The van der Waals surface area contributed by atoms with Crippen molar-refractivity contribution < 1.29 is 23.0 Å². The summed E-state index contributed by atoms with van der Waals surface area (Å²) < 4.78 is 36.9. The topological polar surface area (TPSA) is 84.9 Å². The fourth-order valence-electron chi connectivity index (χ4n) is 1.53. The van der Waals surface area contributed by atoms with E-state index < -0.39 is 16.1 Å². The lowest BCUT2D eigenvalue weighted by Gasteiger charge is -2.11. The summed E-state index contributed by atoms with van der Waals surface area (Å²) >= 11 is 3.24. The van der Waals surface area contributed by atoms with E-state index in [9.17, 15) is 13.5 Å². The van der Waals surface area contributed by atoms with E-state index in [0.29, 0.717) is 10.2 Å². The van der Waals surface area contributed by atoms with Crippen molar-refractivity contribution in [2.75, 3.05) is 27.4 Å². The Morgan fingerprint density at radius 1 is 1.40 bits per heavy atom. The standard InChI is InChI=1S/C12H18BrNO5S/c1-18-8-9(15)5-6-14-20(16,17)10-3-4-12(19-2)11(13)7-10/h3-4,7,9,14-15H,5-6,8H2,1-2H3. The van der Waals surface area contributed by atoms with Crippen LogP contribution in [0.5, 0.6) is 5.75 Å². The van der Waals surface area contributed by atoms with Crippen molar-refractivity contribution in [2.24, 2.45) is 0 Å². The fraction of sp³-hybridized carbons (Fsp3) is 0.500. The van der Waals surface area contributed by atoms with Crippen molar-refractivity contribution in [2.45, 2.75) is 17.4 Å². The highest BCUT2D eigenvalue weighted by Crippen LogP contribution is 2.27. The molecule has 2 N–H and O–H groups in total.